The van der Waals surface area contributed by atoms with Crippen molar-refractivity contribution >= 4 is 23.3 Å². The van der Waals surface area contributed by atoms with Gasteiger partial charge in [0.05, 0.1) is 10.6 Å². The molecule has 0 bridgehead atoms. The van der Waals surface area contributed by atoms with Gasteiger partial charge in [-0.2, -0.15) is 0 Å². The highest BCUT2D eigenvalue weighted by Gasteiger charge is 2.11. The lowest BCUT2D eigenvalue weighted by Crippen LogP contribution is -2.23. The second-order valence-corrected chi connectivity index (χ2v) is 4.88. The summed E-state index contributed by atoms with van der Waals surface area (Å²) in [5.41, 5.74) is 2.63. The average Bonchev–Trinajstić information content (AvgIpc) is 2.45. The summed E-state index contributed by atoms with van der Waals surface area (Å²) in [5.74, 6) is 0.394. The topological polar surface area (TPSA) is 54.0 Å². The Bertz CT molecular complexity index is 628. The van der Waals surface area contributed by atoms with E-state index in [1.54, 1.807) is 13.1 Å². The van der Waals surface area contributed by atoms with Gasteiger partial charge in [-0.3, -0.25) is 4.79 Å². The molecule has 0 saturated carbocycles. The van der Waals surface area contributed by atoms with Crippen LogP contribution in [0.25, 0.3) is 0 Å². The summed E-state index contributed by atoms with van der Waals surface area (Å²) in [6.07, 6.45) is 1.47. The monoisotopic (exact) mass is 289 g/mol. The van der Waals surface area contributed by atoms with Crippen LogP contribution in [0.4, 0.5) is 5.82 Å². The Morgan fingerprint density at radius 3 is 2.85 bits per heavy atom. The highest BCUT2D eigenvalue weighted by atomic mass is 35.5. The molecule has 1 heterocycles. The van der Waals surface area contributed by atoms with Gasteiger partial charge in [0.25, 0.3) is 5.91 Å². The van der Waals surface area contributed by atoms with Gasteiger partial charge in [0.2, 0.25) is 0 Å². The van der Waals surface area contributed by atoms with Gasteiger partial charge in [-0.1, -0.05) is 41.4 Å². The lowest BCUT2D eigenvalue weighted by Gasteiger charge is -2.08. The Balaban J connectivity index is 2.08. The Morgan fingerprint density at radius 1 is 1.35 bits per heavy atom. The Morgan fingerprint density at radius 2 is 2.15 bits per heavy atom. The fraction of sp³-hybridized carbons (Fsp3) is 0.200. The normalized spacial score (nSPS) is 10.2. The van der Waals surface area contributed by atoms with Crippen molar-refractivity contribution < 1.29 is 4.79 Å². The molecule has 5 heteroatoms. The maximum absolute atomic E-state index is 12.1. The number of aryl methyl sites for hydroxylation is 1. The molecule has 2 aromatic rings. The van der Waals surface area contributed by atoms with Gasteiger partial charge in [0, 0.05) is 19.8 Å². The zero-order chi connectivity index (χ0) is 14.5. The molecule has 2 rings (SSSR count). The van der Waals surface area contributed by atoms with Gasteiger partial charge in [0.1, 0.15) is 5.82 Å². The van der Waals surface area contributed by atoms with Crippen molar-refractivity contribution in [1.82, 2.24) is 10.3 Å². The number of pyridine rings is 1. The summed E-state index contributed by atoms with van der Waals surface area (Å²) < 4.78 is 0. The van der Waals surface area contributed by atoms with Crippen LogP contribution in [-0.2, 0) is 6.54 Å². The fourth-order valence-electron chi connectivity index (χ4n) is 1.85. The van der Waals surface area contributed by atoms with Gasteiger partial charge < -0.3 is 10.6 Å². The van der Waals surface area contributed by atoms with Crippen LogP contribution in [0.1, 0.15) is 21.5 Å². The summed E-state index contributed by atoms with van der Waals surface area (Å²) in [6, 6.07) is 9.63. The van der Waals surface area contributed by atoms with Gasteiger partial charge in [0.15, 0.2) is 0 Å². The molecule has 0 radical (unpaired) electrons. The first-order chi connectivity index (χ1) is 9.60. The van der Waals surface area contributed by atoms with Crippen molar-refractivity contribution in [1.29, 1.82) is 0 Å². The molecule has 20 heavy (non-hydrogen) atoms. The summed E-state index contributed by atoms with van der Waals surface area (Å²) in [7, 11) is 1.74. The summed E-state index contributed by atoms with van der Waals surface area (Å²) in [5, 5.41) is 6.08. The van der Waals surface area contributed by atoms with E-state index in [0.717, 1.165) is 11.1 Å². The quantitative estimate of drug-likeness (QED) is 0.910. The van der Waals surface area contributed by atoms with Crippen molar-refractivity contribution in [2.24, 2.45) is 0 Å². The molecule has 0 aliphatic carbocycles. The molecule has 4 nitrogen and oxygen atoms in total. The number of nitrogens with zero attached hydrogens (tertiary/aromatic N) is 1. The highest BCUT2D eigenvalue weighted by molar-refractivity contribution is 6.33. The number of aromatic nitrogens is 1. The van der Waals surface area contributed by atoms with E-state index < -0.39 is 0 Å². The molecule has 0 fully saturated rings. The minimum atomic E-state index is -0.213. The maximum atomic E-state index is 12.1. The molecule has 0 atom stereocenters. The number of nitrogens with one attached hydrogen (secondary N) is 2. The van der Waals surface area contributed by atoms with Crippen molar-refractivity contribution in [3.05, 3.63) is 58.2 Å². The van der Waals surface area contributed by atoms with E-state index in [1.165, 1.54) is 6.20 Å². The van der Waals surface area contributed by atoms with Gasteiger partial charge in [-0.25, -0.2) is 4.98 Å². The van der Waals surface area contributed by atoms with Crippen LogP contribution in [0.15, 0.2) is 36.5 Å². The van der Waals surface area contributed by atoms with E-state index in [2.05, 4.69) is 15.6 Å². The minimum absolute atomic E-state index is 0.213. The minimum Gasteiger partial charge on any atom is -0.373 e. The predicted octanol–water partition coefficient (Wildman–Crippen LogP) is 3.02. The molecule has 0 aliphatic heterocycles. The predicted molar refractivity (Wildman–Crippen MR) is 81.1 cm³/mol. The zero-order valence-corrected chi connectivity index (χ0v) is 12.2. The molecule has 1 aromatic heterocycles. The number of carbonyl (C=O) groups excluding carboxylic acids is 1. The van der Waals surface area contributed by atoms with E-state index in [4.69, 9.17) is 11.6 Å². The summed E-state index contributed by atoms with van der Waals surface area (Å²) >= 11 is 6.00. The smallest absolute Gasteiger partial charge is 0.253 e. The zero-order valence-electron chi connectivity index (χ0n) is 11.4. The van der Waals surface area contributed by atoms with E-state index in [0.29, 0.717) is 22.9 Å². The number of hydrogen-bond acceptors (Lipinski definition) is 3. The SMILES string of the molecule is CNc1cc(C(=O)NCc2cccc(C)c2)c(Cl)cn1. The molecule has 0 aliphatic rings. The molecule has 104 valence electrons. The standard InChI is InChI=1S/C15H16ClN3O/c1-10-4-3-5-11(6-10)8-19-15(20)12-7-14(17-2)18-9-13(12)16/h3-7,9H,8H2,1-2H3,(H,17,18)(H,19,20). The first kappa shape index (κ1) is 14.3. The van der Waals surface area contributed by atoms with Crippen molar-refractivity contribution in [2.75, 3.05) is 12.4 Å². The van der Waals surface area contributed by atoms with E-state index in [9.17, 15) is 4.79 Å². The van der Waals surface area contributed by atoms with Crippen molar-refractivity contribution in [2.45, 2.75) is 13.5 Å². The maximum Gasteiger partial charge on any atom is 0.253 e. The van der Waals surface area contributed by atoms with Crippen molar-refractivity contribution in [3.63, 3.8) is 0 Å². The van der Waals surface area contributed by atoms with E-state index >= 15 is 0 Å². The van der Waals surface area contributed by atoms with Crippen molar-refractivity contribution in [3.8, 4) is 0 Å². The number of amides is 1. The average molecular weight is 290 g/mol. The second kappa shape index (κ2) is 6.39. The first-order valence-electron chi connectivity index (χ1n) is 6.27. The third-order valence-corrected chi connectivity index (χ3v) is 3.19. The second-order valence-electron chi connectivity index (χ2n) is 4.47. The molecule has 0 saturated heterocycles. The van der Waals surface area contributed by atoms with Gasteiger partial charge >= 0.3 is 0 Å². The Kier molecular flexibility index (Phi) is 4.58. The van der Waals surface area contributed by atoms with Crippen LogP contribution in [0.3, 0.4) is 0 Å². The highest BCUT2D eigenvalue weighted by Crippen LogP contribution is 2.17. The first-order valence-corrected chi connectivity index (χ1v) is 6.65. The Hall–Kier alpha value is -2.07. The third-order valence-electron chi connectivity index (χ3n) is 2.89. The molecular formula is C15H16ClN3O. The molecule has 1 amide bonds. The molecular weight excluding hydrogens is 274 g/mol. The number of benzene rings is 1. The Labute approximate surface area is 123 Å². The van der Waals surface area contributed by atoms with Crippen LogP contribution < -0.4 is 10.6 Å². The van der Waals surface area contributed by atoms with Crippen LogP contribution in [0.5, 0.6) is 0 Å². The van der Waals surface area contributed by atoms with Gasteiger partial charge in [-0.15, -0.1) is 0 Å². The number of anilines is 1. The van der Waals surface area contributed by atoms with E-state index in [1.807, 2.05) is 31.2 Å². The fourth-order valence-corrected chi connectivity index (χ4v) is 2.04. The third kappa shape index (κ3) is 3.48. The molecule has 0 unspecified atom stereocenters. The largest absolute Gasteiger partial charge is 0.373 e. The number of hydrogen-bond donors (Lipinski definition) is 2. The van der Waals surface area contributed by atoms with Gasteiger partial charge in [-0.05, 0) is 18.6 Å². The van der Waals surface area contributed by atoms with Crippen LogP contribution in [0.2, 0.25) is 5.02 Å². The molecule has 2 N–H and O–H groups in total. The molecule has 0 spiro atoms. The molecule has 1 aromatic carbocycles. The van der Waals surface area contributed by atoms with Crippen LogP contribution >= 0.6 is 11.6 Å². The van der Waals surface area contributed by atoms with Crippen LogP contribution in [-0.4, -0.2) is 17.9 Å². The van der Waals surface area contributed by atoms with E-state index in [-0.39, 0.29) is 5.91 Å². The number of carbonyl (C=O) groups is 1. The van der Waals surface area contributed by atoms with Crippen LogP contribution in [0, 0.1) is 6.92 Å². The lowest BCUT2D eigenvalue weighted by molar-refractivity contribution is 0.0951. The lowest BCUT2D eigenvalue weighted by atomic mass is 10.1. The number of halogens is 1. The number of rotatable bonds is 4. The summed E-state index contributed by atoms with van der Waals surface area (Å²) in [4.78, 5) is 16.2. The summed E-state index contributed by atoms with van der Waals surface area (Å²) in [6.45, 7) is 2.48.